The summed E-state index contributed by atoms with van der Waals surface area (Å²) in [5, 5.41) is 3.05. The predicted octanol–water partition coefficient (Wildman–Crippen LogP) is 4.30. The highest BCUT2D eigenvalue weighted by Gasteiger charge is 2.29. The first-order valence-electron chi connectivity index (χ1n) is 9.74. The van der Waals surface area contributed by atoms with E-state index in [-0.39, 0.29) is 17.5 Å². The fraction of sp³-hybridized carbons (Fsp3) is 0.261. The summed E-state index contributed by atoms with van der Waals surface area (Å²) in [6, 6.07) is 9.63. The number of ether oxygens (including phenoxy) is 3. The van der Waals surface area contributed by atoms with Gasteiger partial charge in [0.1, 0.15) is 5.82 Å². The number of methoxy groups -OCH3 is 3. The normalized spacial score (nSPS) is 15.2. The predicted molar refractivity (Wildman–Crippen MR) is 113 cm³/mol. The molecule has 0 bridgehead atoms. The van der Waals surface area contributed by atoms with Crippen molar-refractivity contribution >= 4 is 17.4 Å². The Balaban J connectivity index is 1.64. The minimum absolute atomic E-state index is 0.0201. The standard InChI is InChI=1S/C23H22FN3O4/c1-29-20-10-14(11-21(30-2)22(20)31-3)13-8-18-17(19(28)9-13)12-25-23(27-18)26-16-6-4-15(24)5-7-16/h4-7,10-13H,8-9H2,1-3H3,(H,25,26,27)/t13-/m1/s1. The van der Waals surface area contributed by atoms with Gasteiger partial charge in [-0.15, -0.1) is 0 Å². The summed E-state index contributed by atoms with van der Waals surface area (Å²) in [7, 11) is 4.67. The zero-order valence-electron chi connectivity index (χ0n) is 17.4. The highest BCUT2D eigenvalue weighted by Crippen LogP contribution is 2.42. The minimum atomic E-state index is -0.323. The fourth-order valence-electron chi connectivity index (χ4n) is 3.74. The number of halogens is 1. The summed E-state index contributed by atoms with van der Waals surface area (Å²) in [6.45, 7) is 0. The monoisotopic (exact) mass is 423 g/mol. The van der Waals surface area contributed by atoms with Crippen LogP contribution in [0.5, 0.6) is 17.2 Å². The maximum absolute atomic E-state index is 13.1. The summed E-state index contributed by atoms with van der Waals surface area (Å²) in [4.78, 5) is 21.6. The van der Waals surface area contributed by atoms with Crippen LogP contribution in [0.15, 0.2) is 42.6 Å². The zero-order chi connectivity index (χ0) is 22.0. The van der Waals surface area contributed by atoms with E-state index in [1.807, 2.05) is 12.1 Å². The molecule has 1 aromatic heterocycles. The molecule has 1 aliphatic rings. The molecule has 2 aromatic carbocycles. The topological polar surface area (TPSA) is 82.6 Å². The molecule has 1 atom stereocenters. The number of rotatable bonds is 6. The molecule has 0 saturated heterocycles. The third-order valence-corrected chi connectivity index (χ3v) is 5.30. The quantitative estimate of drug-likeness (QED) is 0.633. The van der Waals surface area contributed by atoms with Crippen LogP contribution >= 0.6 is 0 Å². The first kappa shape index (κ1) is 20.6. The Kier molecular flexibility index (Phi) is 5.70. The molecule has 0 fully saturated rings. The Morgan fingerprint density at radius 1 is 1.00 bits per heavy atom. The molecule has 0 saturated carbocycles. The number of aromatic nitrogens is 2. The summed E-state index contributed by atoms with van der Waals surface area (Å²) < 4.78 is 29.4. The van der Waals surface area contributed by atoms with Gasteiger partial charge in [-0.25, -0.2) is 14.4 Å². The molecule has 4 rings (SSSR count). The largest absolute Gasteiger partial charge is 0.493 e. The van der Waals surface area contributed by atoms with Crippen molar-refractivity contribution < 1.29 is 23.4 Å². The Bertz CT molecular complexity index is 1090. The van der Waals surface area contributed by atoms with Gasteiger partial charge in [-0.1, -0.05) is 0 Å². The number of benzene rings is 2. The molecular formula is C23H22FN3O4. The lowest BCUT2D eigenvalue weighted by Crippen LogP contribution is -2.21. The molecule has 7 nitrogen and oxygen atoms in total. The first-order valence-corrected chi connectivity index (χ1v) is 9.74. The van der Waals surface area contributed by atoms with Gasteiger partial charge in [0.15, 0.2) is 17.3 Å². The molecule has 160 valence electrons. The highest BCUT2D eigenvalue weighted by molar-refractivity contribution is 5.98. The third kappa shape index (κ3) is 4.14. The molecule has 0 spiro atoms. The van der Waals surface area contributed by atoms with E-state index in [1.54, 1.807) is 39.7 Å². The molecule has 31 heavy (non-hydrogen) atoms. The number of anilines is 2. The van der Waals surface area contributed by atoms with E-state index in [4.69, 9.17) is 14.2 Å². The summed E-state index contributed by atoms with van der Waals surface area (Å²) in [6.07, 6.45) is 2.43. The van der Waals surface area contributed by atoms with Gasteiger partial charge in [0.2, 0.25) is 11.7 Å². The molecule has 1 heterocycles. The van der Waals surface area contributed by atoms with Crippen LogP contribution in [0.1, 0.15) is 34.0 Å². The van der Waals surface area contributed by atoms with E-state index < -0.39 is 0 Å². The highest BCUT2D eigenvalue weighted by atomic mass is 19.1. The Morgan fingerprint density at radius 2 is 1.68 bits per heavy atom. The number of ketones is 1. The molecule has 1 N–H and O–H groups in total. The second kappa shape index (κ2) is 8.59. The van der Waals surface area contributed by atoms with Crippen LogP contribution < -0.4 is 19.5 Å². The molecular weight excluding hydrogens is 401 g/mol. The SMILES string of the molecule is COc1cc([C@H]2CC(=O)c3cnc(Nc4ccc(F)cc4)nc3C2)cc(OC)c1OC. The van der Waals surface area contributed by atoms with Crippen molar-refractivity contribution in [2.24, 2.45) is 0 Å². The van der Waals surface area contributed by atoms with Gasteiger partial charge >= 0.3 is 0 Å². The third-order valence-electron chi connectivity index (χ3n) is 5.30. The fourth-order valence-corrected chi connectivity index (χ4v) is 3.74. The number of fused-ring (bicyclic) bond motifs is 1. The van der Waals surface area contributed by atoms with Crippen LogP contribution in [0.2, 0.25) is 0 Å². The smallest absolute Gasteiger partial charge is 0.227 e. The van der Waals surface area contributed by atoms with Gasteiger partial charge in [0.25, 0.3) is 0 Å². The molecule has 3 aromatic rings. The molecule has 0 unspecified atom stereocenters. The van der Waals surface area contributed by atoms with Crippen molar-refractivity contribution in [2.45, 2.75) is 18.8 Å². The second-order valence-electron chi connectivity index (χ2n) is 7.17. The van der Waals surface area contributed by atoms with Gasteiger partial charge in [0, 0.05) is 18.3 Å². The van der Waals surface area contributed by atoms with Gasteiger partial charge in [-0.3, -0.25) is 4.79 Å². The van der Waals surface area contributed by atoms with Crippen molar-refractivity contribution in [1.29, 1.82) is 0 Å². The maximum Gasteiger partial charge on any atom is 0.227 e. The van der Waals surface area contributed by atoms with E-state index in [1.165, 1.54) is 12.1 Å². The molecule has 0 aliphatic heterocycles. The Morgan fingerprint density at radius 3 is 2.29 bits per heavy atom. The zero-order valence-corrected chi connectivity index (χ0v) is 17.4. The van der Waals surface area contributed by atoms with Crippen molar-refractivity contribution in [3.8, 4) is 17.2 Å². The van der Waals surface area contributed by atoms with Crippen molar-refractivity contribution in [3.63, 3.8) is 0 Å². The maximum atomic E-state index is 13.1. The van der Waals surface area contributed by atoms with Crippen LogP contribution in [-0.4, -0.2) is 37.1 Å². The van der Waals surface area contributed by atoms with E-state index in [0.29, 0.717) is 53.0 Å². The van der Waals surface area contributed by atoms with Crippen molar-refractivity contribution in [2.75, 3.05) is 26.6 Å². The van der Waals surface area contributed by atoms with Crippen LogP contribution in [-0.2, 0) is 6.42 Å². The lowest BCUT2D eigenvalue weighted by atomic mass is 9.82. The van der Waals surface area contributed by atoms with Gasteiger partial charge < -0.3 is 19.5 Å². The van der Waals surface area contributed by atoms with Crippen molar-refractivity contribution in [1.82, 2.24) is 9.97 Å². The van der Waals surface area contributed by atoms with Crippen LogP contribution in [0.3, 0.4) is 0 Å². The van der Waals surface area contributed by atoms with Crippen LogP contribution in [0, 0.1) is 5.82 Å². The number of nitrogens with zero attached hydrogens (tertiary/aromatic N) is 2. The average Bonchev–Trinajstić information content (AvgIpc) is 2.79. The van der Waals surface area contributed by atoms with E-state index in [2.05, 4.69) is 15.3 Å². The number of hydrogen-bond donors (Lipinski definition) is 1. The van der Waals surface area contributed by atoms with E-state index in [0.717, 1.165) is 5.56 Å². The van der Waals surface area contributed by atoms with Crippen LogP contribution in [0.25, 0.3) is 0 Å². The minimum Gasteiger partial charge on any atom is -0.493 e. The number of nitrogens with one attached hydrogen (secondary N) is 1. The number of carbonyl (C=O) groups is 1. The number of carbonyl (C=O) groups excluding carboxylic acids is 1. The first-order chi connectivity index (χ1) is 15.0. The van der Waals surface area contributed by atoms with Crippen molar-refractivity contribution in [3.05, 3.63) is 65.2 Å². The van der Waals surface area contributed by atoms with E-state index in [9.17, 15) is 9.18 Å². The van der Waals surface area contributed by atoms with Gasteiger partial charge in [-0.2, -0.15) is 0 Å². The average molecular weight is 423 g/mol. The van der Waals surface area contributed by atoms with Gasteiger partial charge in [0.05, 0.1) is 32.6 Å². The Labute approximate surface area is 179 Å². The summed E-state index contributed by atoms with van der Waals surface area (Å²) >= 11 is 0. The second-order valence-corrected chi connectivity index (χ2v) is 7.17. The number of Topliss-reactive ketones (excluding diaryl/α,β-unsaturated/α-hetero) is 1. The summed E-state index contributed by atoms with van der Waals surface area (Å²) in [5.41, 5.74) is 2.74. The van der Waals surface area contributed by atoms with E-state index >= 15 is 0 Å². The molecule has 0 radical (unpaired) electrons. The molecule has 0 amide bonds. The molecule has 8 heteroatoms. The van der Waals surface area contributed by atoms with Gasteiger partial charge in [-0.05, 0) is 54.3 Å². The van der Waals surface area contributed by atoms with Crippen LogP contribution in [0.4, 0.5) is 16.0 Å². The lowest BCUT2D eigenvalue weighted by molar-refractivity contribution is 0.0962. The lowest BCUT2D eigenvalue weighted by Gasteiger charge is -2.24. The summed E-state index contributed by atoms with van der Waals surface area (Å²) in [5.74, 6) is 1.49. The molecule has 1 aliphatic carbocycles. The Hall–Kier alpha value is -3.68. The number of hydrogen-bond acceptors (Lipinski definition) is 7.